The van der Waals surface area contributed by atoms with Crippen molar-refractivity contribution in [1.29, 1.82) is 0 Å². The van der Waals surface area contributed by atoms with Crippen molar-refractivity contribution in [3.63, 3.8) is 0 Å². The van der Waals surface area contributed by atoms with Crippen molar-refractivity contribution < 1.29 is 9.53 Å². The molecule has 0 bridgehead atoms. The maximum Gasteiger partial charge on any atom is 0.251 e. The first-order chi connectivity index (χ1) is 14.9. The third-order valence-corrected chi connectivity index (χ3v) is 6.92. The first kappa shape index (κ1) is 23.0. The Hall–Kier alpha value is -2.65. The van der Waals surface area contributed by atoms with E-state index in [4.69, 9.17) is 11.3 Å². The van der Waals surface area contributed by atoms with Gasteiger partial charge in [-0.25, -0.2) is 4.85 Å². The van der Waals surface area contributed by atoms with Crippen LogP contribution in [0.1, 0.15) is 55.3 Å². The van der Waals surface area contributed by atoms with E-state index in [1.807, 2.05) is 49.0 Å². The summed E-state index contributed by atoms with van der Waals surface area (Å²) in [5.74, 6) is 1.72. The molecule has 2 aromatic rings. The summed E-state index contributed by atoms with van der Waals surface area (Å²) in [7, 11) is 0. The highest BCUT2D eigenvalue weighted by atomic mass is 32.2. The second kappa shape index (κ2) is 10.1. The minimum atomic E-state index is -0.149. The number of nitrogens with one attached hydrogen (secondary N) is 2. The number of hydrogen-bond acceptors (Lipinski definition) is 4. The predicted molar refractivity (Wildman–Crippen MR) is 129 cm³/mol. The molecule has 0 saturated carbocycles. The maximum absolute atomic E-state index is 12.7. The van der Waals surface area contributed by atoms with Crippen molar-refractivity contribution in [1.82, 2.24) is 5.32 Å². The second-order valence-corrected chi connectivity index (χ2v) is 9.87. The SMILES string of the molecule is [C-]#[N+]c1ccc2c(c1)C(SCC)CC(C(C)(C)CNC(=O)c1ccc(OCC)cc1)N2. The molecule has 0 spiro atoms. The van der Waals surface area contributed by atoms with E-state index in [-0.39, 0.29) is 17.4 Å². The maximum atomic E-state index is 12.7. The first-order valence-corrected chi connectivity index (χ1v) is 11.8. The summed E-state index contributed by atoms with van der Waals surface area (Å²) in [5.41, 5.74) is 3.48. The molecule has 2 N–H and O–H groups in total. The van der Waals surface area contributed by atoms with Crippen LogP contribution < -0.4 is 15.4 Å². The van der Waals surface area contributed by atoms with Gasteiger partial charge in [-0.3, -0.25) is 4.79 Å². The standard InChI is InChI=1S/C25H31N3O2S/c1-6-30-19-11-8-17(9-12-19)24(29)27-16-25(3,4)23-15-22(31-7-2)20-14-18(26-5)10-13-21(20)28-23/h8-14,22-23,28H,6-7,15-16H2,1-4H3,(H,27,29). The molecule has 0 aliphatic carbocycles. The van der Waals surface area contributed by atoms with Crippen molar-refractivity contribution >= 4 is 29.0 Å². The lowest BCUT2D eigenvalue weighted by atomic mass is 9.78. The van der Waals surface area contributed by atoms with E-state index in [0.717, 1.165) is 23.6 Å². The number of ether oxygens (including phenoxy) is 1. The molecule has 1 amide bonds. The summed E-state index contributed by atoms with van der Waals surface area (Å²) in [5, 5.41) is 7.13. The lowest BCUT2D eigenvalue weighted by molar-refractivity contribution is 0.0931. The number of hydrogen-bond donors (Lipinski definition) is 2. The van der Waals surface area contributed by atoms with E-state index in [2.05, 4.69) is 36.2 Å². The van der Waals surface area contributed by atoms with Crippen molar-refractivity contribution in [2.45, 2.75) is 45.4 Å². The number of benzene rings is 2. The fourth-order valence-electron chi connectivity index (χ4n) is 3.88. The number of carbonyl (C=O) groups excluding carboxylic acids is 1. The summed E-state index contributed by atoms with van der Waals surface area (Å²) in [6.45, 7) is 17.0. The van der Waals surface area contributed by atoms with Crippen molar-refractivity contribution in [2.24, 2.45) is 5.41 Å². The number of amides is 1. The van der Waals surface area contributed by atoms with Crippen LogP contribution in [0.5, 0.6) is 5.75 Å². The molecular formula is C25H31N3O2S. The molecule has 6 heteroatoms. The van der Waals surface area contributed by atoms with Gasteiger partial charge in [-0.2, -0.15) is 11.8 Å². The molecule has 0 aromatic heterocycles. The number of carbonyl (C=O) groups is 1. The fourth-order valence-corrected chi connectivity index (χ4v) is 4.99. The summed E-state index contributed by atoms with van der Waals surface area (Å²) >= 11 is 1.92. The van der Waals surface area contributed by atoms with Crippen molar-refractivity contribution in [3.05, 3.63) is 65.0 Å². The predicted octanol–water partition coefficient (Wildman–Crippen LogP) is 6.07. The second-order valence-electron chi connectivity index (χ2n) is 8.39. The van der Waals surface area contributed by atoms with Gasteiger partial charge in [0.05, 0.1) is 13.2 Å². The van der Waals surface area contributed by atoms with Crippen LogP contribution in [0.3, 0.4) is 0 Å². The summed E-state index contributed by atoms with van der Waals surface area (Å²) in [4.78, 5) is 16.3. The lowest BCUT2D eigenvalue weighted by Gasteiger charge is -2.42. The molecule has 31 heavy (non-hydrogen) atoms. The van der Waals surface area contributed by atoms with Crippen LogP contribution in [0.4, 0.5) is 11.4 Å². The van der Waals surface area contributed by atoms with E-state index in [9.17, 15) is 4.79 Å². The van der Waals surface area contributed by atoms with Gasteiger partial charge in [0, 0.05) is 34.5 Å². The van der Waals surface area contributed by atoms with Gasteiger partial charge in [-0.1, -0.05) is 32.9 Å². The van der Waals surface area contributed by atoms with E-state index in [1.54, 1.807) is 12.1 Å². The van der Waals surface area contributed by atoms with Gasteiger partial charge in [0.15, 0.2) is 5.69 Å². The topological polar surface area (TPSA) is 54.7 Å². The number of thioether (sulfide) groups is 1. The third-order valence-electron chi connectivity index (χ3n) is 5.73. The van der Waals surface area contributed by atoms with Gasteiger partial charge in [0.25, 0.3) is 5.91 Å². The Kier molecular flexibility index (Phi) is 7.50. The molecule has 2 atom stereocenters. The summed E-state index contributed by atoms with van der Waals surface area (Å²) < 4.78 is 5.45. The third kappa shape index (κ3) is 5.54. The number of anilines is 1. The molecule has 2 unspecified atom stereocenters. The number of fused-ring (bicyclic) bond motifs is 1. The monoisotopic (exact) mass is 437 g/mol. The van der Waals surface area contributed by atoms with E-state index >= 15 is 0 Å². The summed E-state index contributed by atoms with van der Waals surface area (Å²) in [6.07, 6.45) is 0.957. The first-order valence-electron chi connectivity index (χ1n) is 10.8. The van der Waals surface area contributed by atoms with E-state index in [0.29, 0.717) is 29.7 Å². The van der Waals surface area contributed by atoms with Crippen LogP contribution in [0.15, 0.2) is 42.5 Å². The Morgan fingerprint density at radius 3 is 2.65 bits per heavy atom. The molecule has 5 nitrogen and oxygen atoms in total. The average molecular weight is 438 g/mol. The Balaban J connectivity index is 1.69. The number of rotatable bonds is 8. The van der Waals surface area contributed by atoms with Crippen LogP contribution in [-0.4, -0.2) is 30.9 Å². The molecule has 0 fully saturated rings. The van der Waals surface area contributed by atoms with E-state index < -0.39 is 0 Å². The molecule has 3 rings (SSSR count). The minimum Gasteiger partial charge on any atom is -0.494 e. The van der Waals surface area contributed by atoms with Crippen molar-refractivity contribution in [2.75, 3.05) is 24.2 Å². The summed E-state index contributed by atoms with van der Waals surface area (Å²) in [6, 6.07) is 13.4. The zero-order chi connectivity index (χ0) is 22.4. The zero-order valence-corrected chi connectivity index (χ0v) is 19.5. The molecule has 1 aliphatic heterocycles. The highest BCUT2D eigenvalue weighted by Crippen LogP contribution is 2.46. The van der Waals surface area contributed by atoms with Crippen LogP contribution in [0.25, 0.3) is 4.85 Å². The van der Waals surface area contributed by atoms with Crippen LogP contribution >= 0.6 is 11.8 Å². The Labute approximate surface area is 189 Å². The minimum absolute atomic E-state index is 0.0754. The van der Waals surface area contributed by atoms with Gasteiger partial charge < -0.3 is 15.4 Å². The Morgan fingerprint density at radius 2 is 2.00 bits per heavy atom. The number of nitrogens with zero attached hydrogens (tertiary/aromatic N) is 1. The fraction of sp³-hybridized carbons (Fsp3) is 0.440. The zero-order valence-electron chi connectivity index (χ0n) is 18.7. The van der Waals surface area contributed by atoms with Crippen LogP contribution in [-0.2, 0) is 0 Å². The largest absolute Gasteiger partial charge is 0.494 e. The quantitative estimate of drug-likeness (QED) is 0.492. The Morgan fingerprint density at radius 1 is 1.26 bits per heavy atom. The van der Waals surface area contributed by atoms with Gasteiger partial charge in [-0.05, 0) is 55.0 Å². The Bertz CT molecular complexity index is 950. The molecule has 0 radical (unpaired) electrons. The molecule has 164 valence electrons. The highest BCUT2D eigenvalue weighted by molar-refractivity contribution is 7.99. The van der Waals surface area contributed by atoms with Crippen LogP contribution in [0.2, 0.25) is 0 Å². The normalized spacial score (nSPS) is 17.8. The molecule has 2 aromatic carbocycles. The van der Waals surface area contributed by atoms with E-state index in [1.165, 1.54) is 5.56 Å². The van der Waals surface area contributed by atoms with Gasteiger partial charge in [0.1, 0.15) is 5.75 Å². The smallest absolute Gasteiger partial charge is 0.251 e. The average Bonchev–Trinajstić information content (AvgIpc) is 2.78. The molecule has 1 aliphatic rings. The van der Waals surface area contributed by atoms with Crippen LogP contribution in [0, 0.1) is 12.0 Å². The van der Waals surface area contributed by atoms with Gasteiger partial charge in [-0.15, -0.1) is 0 Å². The van der Waals surface area contributed by atoms with Gasteiger partial charge in [0.2, 0.25) is 0 Å². The van der Waals surface area contributed by atoms with Crippen molar-refractivity contribution in [3.8, 4) is 5.75 Å². The molecule has 0 saturated heterocycles. The van der Waals surface area contributed by atoms with Gasteiger partial charge >= 0.3 is 0 Å². The lowest BCUT2D eigenvalue weighted by Crippen LogP contribution is -2.47. The highest BCUT2D eigenvalue weighted by Gasteiger charge is 2.36. The molecular weight excluding hydrogens is 406 g/mol. The molecule has 1 heterocycles.